The molecule has 0 heterocycles. The highest BCUT2D eigenvalue weighted by atomic mass is 16.5. The van der Waals surface area contributed by atoms with Gasteiger partial charge in [-0.15, -0.1) is 0 Å². The van der Waals surface area contributed by atoms with Gasteiger partial charge in [-0.05, 0) is 81.2 Å². The minimum atomic E-state index is -0.455. The summed E-state index contributed by atoms with van der Waals surface area (Å²) in [7, 11) is 0. The van der Waals surface area contributed by atoms with Crippen molar-refractivity contribution in [2.24, 2.45) is 0 Å². The lowest BCUT2D eigenvalue weighted by atomic mass is 10.1. The molecule has 194 valence electrons. The summed E-state index contributed by atoms with van der Waals surface area (Å²) in [6, 6.07) is 14.0. The van der Waals surface area contributed by atoms with Crippen molar-refractivity contribution in [1.82, 2.24) is 0 Å². The fraction of sp³-hybridized carbons (Fsp3) is 0.300. The Bertz CT molecular complexity index is 1140. The summed E-state index contributed by atoms with van der Waals surface area (Å²) in [5, 5.41) is 0. The number of benzene rings is 2. The van der Waals surface area contributed by atoms with Crippen molar-refractivity contribution in [2.45, 2.75) is 45.4 Å². The van der Waals surface area contributed by atoms with Gasteiger partial charge in [-0.25, -0.2) is 14.4 Å². The highest BCUT2D eigenvalue weighted by Gasteiger charge is 2.17. The Labute approximate surface area is 217 Å². The summed E-state index contributed by atoms with van der Waals surface area (Å²) in [6.07, 6.45) is 8.98. The van der Waals surface area contributed by atoms with Crippen LogP contribution in [0.2, 0.25) is 0 Å². The predicted molar refractivity (Wildman–Crippen MR) is 139 cm³/mol. The second-order valence-corrected chi connectivity index (χ2v) is 8.57. The molecular weight excluding hydrogens is 472 g/mol. The predicted octanol–water partition coefficient (Wildman–Crippen LogP) is 6.24. The molecule has 0 saturated heterocycles. The van der Waals surface area contributed by atoms with E-state index in [1.54, 1.807) is 48.6 Å². The number of hydrogen-bond donors (Lipinski definition) is 0. The first-order valence-corrected chi connectivity index (χ1v) is 12.4. The third-order valence-electron chi connectivity index (χ3n) is 5.62. The van der Waals surface area contributed by atoms with E-state index in [4.69, 9.17) is 18.9 Å². The molecule has 37 heavy (non-hydrogen) atoms. The maximum Gasteiger partial charge on any atom is 0.343 e. The Hall–Kier alpha value is -4.13. The zero-order valence-electron chi connectivity index (χ0n) is 21.1. The molecule has 7 heteroatoms. The zero-order valence-corrected chi connectivity index (χ0v) is 21.1. The van der Waals surface area contributed by atoms with E-state index in [1.165, 1.54) is 0 Å². The van der Waals surface area contributed by atoms with E-state index < -0.39 is 17.9 Å². The Morgan fingerprint density at radius 1 is 0.757 bits per heavy atom. The monoisotopic (exact) mass is 504 g/mol. The number of carbonyl (C=O) groups is 3. The van der Waals surface area contributed by atoms with Crippen LogP contribution in [0.1, 0.15) is 64.8 Å². The lowest BCUT2D eigenvalue weighted by Gasteiger charge is -2.15. The van der Waals surface area contributed by atoms with E-state index in [0.717, 1.165) is 37.3 Å². The minimum Gasteiger partial charge on any atom is -0.494 e. The van der Waals surface area contributed by atoms with Crippen molar-refractivity contribution in [2.75, 3.05) is 13.2 Å². The molecule has 0 amide bonds. The number of rotatable bonds is 13. The summed E-state index contributed by atoms with van der Waals surface area (Å²) >= 11 is 0. The Morgan fingerprint density at radius 3 is 1.78 bits per heavy atom. The van der Waals surface area contributed by atoms with E-state index in [0.29, 0.717) is 54.5 Å². The van der Waals surface area contributed by atoms with Crippen LogP contribution in [0.5, 0.6) is 5.75 Å². The van der Waals surface area contributed by atoms with Gasteiger partial charge in [0.15, 0.2) is 0 Å². The van der Waals surface area contributed by atoms with Crippen LogP contribution in [0.25, 0.3) is 0 Å². The normalized spacial score (nSPS) is 12.6. The fourth-order valence-electron chi connectivity index (χ4n) is 3.48. The SMILES string of the molecule is C=CC(=O)OCCCCCCOc1ccc(C(=O)OC2=CC=C(OC(=O)c3ccc(C)cc3)CC2)cc1. The Morgan fingerprint density at radius 2 is 1.27 bits per heavy atom. The van der Waals surface area contributed by atoms with Gasteiger partial charge in [-0.1, -0.05) is 24.3 Å². The molecule has 2 aromatic rings. The van der Waals surface area contributed by atoms with Crippen LogP contribution in [0.15, 0.2) is 84.9 Å². The van der Waals surface area contributed by atoms with Gasteiger partial charge in [0.25, 0.3) is 0 Å². The first-order chi connectivity index (χ1) is 17.9. The van der Waals surface area contributed by atoms with Gasteiger partial charge in [0.1, 0.15) is 17.3 Å². The first kappa shape index (κ1) is 27.5. The molecule has 0 radical (unpaired) electrons. The van der Waals surface area contributed by atoms with E-state index in [-0.39, 0.29) is 0 Å². The van der Waals surface area contributed by atoms with Crippen LogP contribution < -0.4 is 4.74 Å². The molecule has 0 spiro atoms. The van der Waals surface area contributed by atoms with Crippen LogP contribution in [0.4, 0.5) is 0 Å². The maximum absolute atomic E-state index is 12.5. The fourth-order valence-corrected chi connectivity index (χ4v) is 3.48. The molecular formula is C30H32O7. The number of esters is 3. The topological polar surface area (TPSA) is 88.1 Å². The van der Waals surface area contributed by atoms with Gasteiger partial charge in [-0.3, -0.25) is 0 Å². The molecule has 0 N–H and O–H groups in total. The summed E-state index contributed by atoms with van der Waals surface area (Å²) < 4.78 is 21.6. The van der Waals surface area contributed by atoms with Crippen LogP contribution >= 0.6 is 0 Å². The van der Waals surface area contributed by atoms with Crippen molar-refractivity contribution in [3.05, 3.63) is 102 Å². The number of allylic oxidation sites excluding steroid dienone is 4. The number of hydrogen-bond acceptors (Lipinski definition) is 7. The second kappa shape index (κ2) is 14.4. The Balaban J connectivity index is 1.36. The van der Waals surface area contributed by atoms with Crippen LogP contribution in [0.3, 0.4) is 0 Å². The minimum absolute atomic E-state index is 0.394. The third kappa shape index (κ3) is 9.44. The molecule has 0 fully saturated rings. The molecule has 3 rings (SSSR count). The second-order valence-electron chi connectivity index (χ2n) is 8.57. The molecule has 0 unspecified atom stereocenters. The van der Waals surface area contributed by atoms with E-state index in [1.807, 2.05) is 19.1 Å². The number of aryl methyl sites for hydroxylation is 1. The average Bonchev–Trinajstić information content (AvgIpc) is 2.91. The maximum atomic E-state index is 12.5. The molecule has 1 aliphatic carbocycles. The van der Waals surface area contributed by atoms with E-state index in [9.17, 15) is 14.4 Å². The first-order valence-electron chi connectivity index (χ1n) is 12.4. The lowest BCUT2D eigenvalue weighted by molar-refractivity contribution is -0.137. The van der Waals surface area contributed by atoms with Crippen molar-refractivity contribution in [3.63, 3.8) is 0 Å². The molecule has 1 aliphatic rings. The average molecular weight is 505 g/mol. The van der Waals surface area contributed by atoms with Crippen LogP contribution in [-0.2, 0) is 19.0 Å². The van der Waals surface area contributed by atoms with Crippen molar-refractivity contribution in [1.29, 1.82) is 0 Å². The highest BCUT2D eigenvalue weighted by Crippen LogP contribution is 2.23. The van der Waals surface area contributed by atoms with Crippen molar-refractivity contribution >= 4 is 17.9 Å². The summed E-state index contributed by atoms with van der Waals surface area (Å²) in [4.78, 5) is 35.7. The molecule has 7 nitrogen and oxygen atoms in total. The van der Waals surface area contributed by atoms with Gasteiger partial charge in [-0.2, -0.15) is 0 Å². The molecule has 0 aromatic heterocycles. The highest BCUT2D eigenvalue weighted by molar-refractivity contribution is 5.91. The number of unbranched alkanes of at least 4 members (excludes halogenated alkanes) is 3. The van der Waals surface area contributed by atoms with Gasteiger partial charge >= 0.3 is 17.9 Å². The van der Waals surface area contributed by atoms with Gasteiger partial charge in [0.05, 0.1) is 24.3 Å². The summed E-state index contributed by atoms with van der Waals surface area (Å²) in [6.45, 7) is 6.27. The number of carbonyl (C=O) groups excluding carboxylic acids is 3. The zero-order chi connectivity index (χ0) is 26.5. The van der Waals surface area contributed by atoms with Crippen LogP contribution in [-0.4, -0.2) is 31.1 Å². The number of ether oxygens (including phenoxy) is 4. The van der Waals surface area contributed by atoms with Crippen molar-refractivity contribution in [3.8, 4) is 5.75 Å². The largest absolute Gasteiger partial charge is 0.494 e. The quantitative estimate of drug-likeness (QED) is 0.138. The molecule has 0 aliphatic heterocycles. The summed E-state index contributed by atoms with van der Waals surface area (Å²) in [5.41, 5.74) is 1.98. The molecule has 0 saturated carbocycles. The molecule has 2 aromatic carbocycles. The molecule has 0 atom stereocenters. The Kier molecular flexibility index (Phi) is 10.7. The summed E-state index contributed by atoms with van der Waals surface area (Å²) in [5.74, 6) is 0.463. The molecule has 0 bridgehead atoms. The van der Waals surface area contributed by atoms with Gasteiger partial charge in [0.2, 0.25) is 0 Å². The smallest absolute Gasteiger partial charge is 0.343 e. The third-order valence-corrected chi connectivity index (χ3v) is 5.62. The lowest BCUT2D eigenvalue weighted by Crippen LogP contribution is -2.10. The standard InChI is InChI=1S/C30H32O7/c1-3-28(31)35-21-7-5-4-6-20-34-25-14-12-24(13-15-25)30(33)37-27-18-16-26(17-19-27)36-29(32)23-10-8-22(2)9-11-23/h3,8-16,18H,1,4-7,17,19-21H2,2H3. The van der Waals surface area contributed by atoms with E-state index in [2.05, 4.69) is 6.58 Å². The van der Waals surface area contributed by atoms with Crippen molar-refractivity contribution < 1.29 is 33.3 Å². The van der Waals surface area contributed by atoms with Gasteiger partial charge < -0.3 is 18.9 Å². The van der Waals surface area contributed by atoms with Crippen LogP contribution in [0, 0.1) is 6.92 Å². The van der Waals surface area contributed by atoms with Gasteiger partial charge in [0, 0.05) is 18.9 Å². The van der Waals surface area contributed by atoms with E-state index >= 15 is 0 Å².